The van der Waals surface area contributed by atoms with Gasteiger partial charge in [0, 0.05) is 18.0 Å². The Morgan fingerprint density at radius 1 is 1.36 bits per heavy atom. The molecule has 2 atom stereocenters. The molecule has 5 heteroatoms. The van der Waals surface area contributed by atoms with Crippen molar-refractivity contribution < 1.29 is 18.7 Å². The monoisotopic (exact) mass is 307 g/mol. The number of nitrogens with zero attached hydrogens (tertiary/aromatic N) is 1. The normalized spacial score (nSPS) is 28.4. The van der Waals surface area contributed by atoms with Crippen LogP contribution >= 0.6 is 0 Å². The first kappa shape index (κ1) is 15.4. The molecule has 2 aliphatic heterocycles. The molecule has 2 saturated heterocycles. The van der Waals surface area contributed by atoms with Crippen LogP contribution in [0.1, 0.15) is 30.1 Å². The van der Waals surface area contributed by atoms with Gasteiger partial charge in [-0.25, -0.2) is 4.39 Å². The molecule has 0 amide bonds. The lowest BCUT2D eigenvalue weighted by atomic mass is 9.81. The van der Waals surface area contributed by atoms with E-state index in [1.807, 2.05) is 6.92 Å². The number of halogens is 1. The Morgan fingerprint density at radius 3 is 2.68 bits per heavy atom. The lowest BCUT2D eigenvalue weighted by Crippen LogP contribution is -2.55. The third-order valence-electron chi connectivity index (χ3n) is 4.76. The molecule has 22 heavy (non-hydrogen) atoms. The second-order valence-corrected chi connectivity index (χ2v) is 6.12. The molecule has 2 bridgehead atoms. The van der Waals surface area contributed by atoms with Crippen molar-refractivity contribution in [1.82, 2.24) is 4.90 Å². The number of Topliss-reactive ketones (excluding diaryl/α,β-unsaturated/α-hetero) is 1. The minimum Gasteiger partial charge on any atom is -0.493 e. The molecule has 4 nitrogen and oxygen atoms in total. The van der Waals surface area contributed by atoms with Crippen molar-refractivity contribution in [3.63, 3.8) is 0 Å². The molecule has 0 aliphatic carbocycles. The maximum atomic E-state index is 13.6. The Morgan fingerprint density at radius 2 is 2.05 bits per heavy atom. The Labute approximate surface area is 130 Å². The highest BCUT2D eigenvalue weighted by Crippen LogP contribution is 2.34. The summed E-state index contributed by atoms with van der Waals surface area (Å²) in [6, 6.07) is 4.72. The number of rotatable bonds is 4. The summed E-state index contributed by atoms with van der Waals surface area (Å²) >= 11 is 0. The summed E-state index contributed by atoms with van der Waals surface area (Å²) in [4.78, 5) is 15.2. The van der Waals surface area contributed by atoms with Crippen LogP contribution in [0.15, 0.2) is 18.2 Å². The molecule has 0 aromatic heterocycles. The van der Waals surface area contributed by atoms with Gasteiger partial charge in [-0.15, -0.1) is 0 Å². The number of hydrogen-bond donors (Lipinski definition) is 0. The van der Waals surface area contributed by atoms with Crippen molar-refractivity contribution in [3.05, 3.63) is 29.6 Å². The number of carbonyl (C=O) groups excluding carboxylic acids is 1. The van der Waals surface area contributed by atoms with Gasteiger partial charge in [0.1, 0.15) is 11.6 Å². The fourth-order valence-electron chi connectivity index (χ4n) is 3.51. The van der Waals surface area contributed by atoms with Crippen molar-refractivity contribution in [2.75, 3.05) is 26.9 Å². The molecule has 0 spiro atoms. The van der Waals surface area contributed by atoms with E-state index in [4.69, 9.17) is 9.47 Å². The summed E-state index contributed by atoms with van der Waals surface area (Å²) in [6.07, 6.45) is 1.52. The molecule has 1 aromatic carbocycles. The number of benzene rings is 1. The highest BCUT2D eigenvalue weighted by molar-refractivity contribution is 6.00. The molecule has 0 N–H and O–H groups in total. The quantitative estimate of drug-likeness (QED) is 0.801. The molecule has 2 heterocycles. The first-order chi connectivity index (χ1) is 10.6. The van der Waals surface area contributed by atoms with Crippen LogP contribution in [0.4, 0.5) is 4.39 Å². The molecular weight excluding hydrogens is 285 g/mol. The predicted molar refractivity (Wildman–Crippen MR) is 80.8 cm³/mol. The zero-order valence-electron chi connectivity index (χ0n) is 13.0. The average molecular weight is 307 g/mol. The number of piperidine rings is 1. The van der Waals surface area contributed by atoms with E-state index >= 15 is 0 Å². The fraction of sp³-hybridized carbons (Fsp3) is 0.588. The van der Waals surface area contributed by atoms with E-state index < -0.39 is 5.82 Å². The van der Waals surface area contributed by atoms with Crippen molar-refractivity contribution in [2.45, 2.75) is 31.8 Å². The summed E-state index contributed by atoms with van der Waals surface area (Å²) in [6.45, 7) is 3.64. The van der Waals surface area contributed by atoms with Crippen molar-refractivity contribution >= 4 is 5.78 Å². The minimum atomic E-state index is -0.400. The van der Waals surface area contributed by atoms with Crippen molar-refractivity contribution in [1.29, 1.82) is 0 Å². The van der Waals surface area contributed by atoms with Gasteiger partial charge in [0.05, 0.1) is 25.4 Å². The minimum absolute atomic E-state index is 0.00653. The topological polar surface area (TPSA) is 38.8 Å². The lowest BCUT2D eigenvalue weighted by molar-refractivity contribution is -0.0702. The van der Waals surface area contributed by atoms with Gasteiger partial charge in [-0.1, -0.05) is 0 Å². The number of ether oxygens (including phenoxy) is 2. The smallest absolute Gasteiger partial charge is 0.169 e. The average Bonchev–Trinajstić information content (AvgIpc) is 2.48. The summed E-state index contributed by atoms with van der Waals surface area (Å²) < 4.78 is 24.7. The summed E-state index contributed by atoms with van der Waals surface area (Å²) in [7, 11) is 2.09. The Kier molecular flexibility index (Phi) is 4.45. The summed E-state index contributed by atoms with van der Waals surface area (Å²) in [5.74, 6) is -0.0125. The largest absolute Gasteiger partial charge is 0.493 e. The van der Waals surface area contributed by atoms with Gasteiger partial charge in [0.15, 0.2) is 5.78 Å². The van der Waals surface area contributed by atoms with Gasteiger partial charge in [-0.05, 0) is 45.0 Å². The van der Waals surface area contributed by atoms with Crippen LogP contribution in [0.5, 0.6) is 5.75 Å². The maximum absolute atomic E-state index is 13.6. The Bertz CT molecular complexity index is 549. The Hall–Kier alpha value is -1.46. The lowest BCUT2D eigenvalue weighted by Gasteiger charge is -2.46. The van der Waals surface area contributed by atoms with E-state index in [1.165, 1.54) is 12.1 Å². The second kappa shape index (κ2) is 6.34. The van der Waals surface area contributed by atoms with Crippen LogP contribution in [-0.4, -0.2) is 49.6 Å². The highest BCUT2D eigenvalue weighted by Gasteiger charge is 2.40. The molecule has 3 rings (SSSR count). The molecule has 1 aromatic rings. The van der Waals surface area contributed by atoms with E-state index in [0.29, 0.717) is 31.1 Å². The van der Waals surface area contributed by atoms with Gasteiger partial charge < -0.3 is 9.47 Å². The zero-order valence-corrected chi connectivity index (χ0v) is 13.0. The fourth-order valence-corrected chi connectivity index (χ4v) is 3.51. The third kappa shape index (κ3) is 2.88. The van der Waals surface area contributed by atoms with Crippen molar-refractivity contribution in [2.24, 2.45) is 5.92 Å². The predicted octanol–water partition coefficient (Wildman–Crippen LogP) is 2.52. The number of hydrogen-bond acceptors (Lipinski definition) is 4. The van der Waals surface area contributed by atoms with Gasteiger partial charge >= 0.3 is 0 Å². The van der Waals surface area contributed by atoms with Gasteiger partial charge in [0.25, 0.3) is 0 Å². The molecular formula is C17H22FNO3. The maximum Gasteiger partial charge on any atom is 0.169 e. The number of likely N-dealkylation sites (N-methyl/N-ethyl adjacent to an activating group) is 1. The van der Waals surface area contributed by atoms with Crippen LogP contribution in [0, 0.1) is 11.7 Å². The highest BCUT2D eigenvalue weighted by atomic mass is 19.1. The standard InChI is InChI=1S/C17H22FNO3/c1-3-22-16-5-4-12(18)8-15(16)17(20)11-6-13-9-21-10-14(7-11)19(13)2/h4-5,8,11,13-14H,3,6-7,9-10H2,1-2H3. The van der Waals surface area contributed by atoms with E-state index in [2.05, 4.69) is 11.9 Å². The molecule has 2 fully saturated rings. The van der Waals surface area contributed by atoms with Crippen LogP contribution in [0.2, 0.25) is 0 Å². The Balaban J connectivity index is 1.83. The summed E-state index contributed by atoms with van der Waals surface area (Å²) in [5, 5.41) is 0. The molecule has 2 aliphatic rings. The first-order valence-electron chi connectivity index (χ1n) is 7.86. The number of carbonyl (C=O) groups is 1. The van der Waals surface area contributed by atoms with E-state index in [9.17, 15) is 9.18 Å². The summed E-state index contributed by atoms with van der Waals surface area (Å²) in [5.41, 5.74) is 0.371. The van der Waals surface area contributed by atoms with Crippen LogP contribution in [0.25, 0.3) is 0 Å². The van der Waals surface area contributed by atoms with Gasteiger partial charge in [-0.2, -0.15) is 0 Å². The van der Waals surface area contributed by atoms with Crippen LogP contribution in [-0.2, 0) is 4.74 Å². The van der Waals surface area contributed by atoms with E-state index in [0.717, 1.165) is 12.8 Å². The number of morpholine rings is 1. The SMILES string of the molecule is CCOc1ccc(F)cc1C(=O)C1CC2COCC(C1)N2C. The van der Waals surface area contributed by atoms with E-state index in [-0.39, 0.29) is 23.8 Å². The molecule has 120 valence electrons. The van der Waals surface area contributed by atoms with Crippen molar-refractivity contribution in [3.8, 4) is 5.75 Å². The van der Waals surface area contributed by atoms with Gasteiger partial charge in [0.2, 0.25) is 0 Å². The number of ketones is 1. The van der Waals surface area contributed by atoms with Crippen LogP contribution < -0.4 is 4.74 Å². The first-order valence-corrected chi connectivity index (χ1v) is 7.86. The molecule has 2 unspecified atom stereocenters. The van der Waals surface area contributed by atoms with E-state index in [1.54, 1.807) is 6.07 Å². The molecule has 0 radical (unpaired) electrons. The number of fused-ring (bicyclic) bond motifs is 2. The van der Waals surface area contributed by atoms with Crippen LogP contribution in [0.3, 0.4) is 0 Å². The zero-order chi connectivity index (χ0) is 15.7. The van der Waals surface area contributed by atoms with Gasteiger partial charge in [-0.3, -0.25) is 9.69 Å². The second-order valence-electron chi connectivity index (χ2n) is 6.12. The molecule has 0 saturated carbocycles. The third-order valence-corrected chi connectivity index (χ3v) is 4.76.